The summed E-state index contributed by atoms with van der Waals surface area (Å²) in [5.41, 5.74) is 3.82. The second kappa shape index (κ2) is 6.69. The molecule has 0 aliphatic carbocycles. The number of nitrogens with zero attached hydrogens (tertiary/aromatic N) is 2. The Kier molecular flexibility index (Phi) is 3.89. The molecule has 2 amide bonds. The average molecular weight is 420 g/mol. The molecular weight excluding hydrogens is 400 g/mol. The van der Waals surface area contributed by atoms with Crippen molar-refractivity contribution >= 4 is 39.6 Å². The van der Waals surface area contributed by atoms with Crippen LogP contribution in [0.3, 0.4) is 0 Å². The van der Waals surface area contributed by atoms with Crippen molar-refractivity contribution in [3.05, 3.63) is 90.0 Å². The van der Waals surface area contributed by atoms with E-state index in [4.69, 9.17) is 4.74 Å². The lowest BCUT2D eigenvalue weighted by Gasteiger charge is -2.35. The third kappa shape index (κ3) is 2.45. The van der Waals surface area contributed by atoms with Crippen molar-refractivity contribution < 1.29 is 14.3 Å². The second-order valence-corrected chi connectivity index (χ2v) is 8.31. The van der Waals surface area contributed by atoms with Crippen molar-refractivity contribution in [1.29, 1.82) is 0 Å². The fourth-order valence-corrected chi connectivity index (χ4v) is 4.73. The van der Waals surface area contributed by atoms with Gasteiger partial charge in [0.15, 0.2) is 11.5 Å². The minimum absolute atomic E-state index is 0.212. The minimum atomic E-state index is -0.247. The Labute approximate surface area is 185 Å². The lowest BCUT2D eigenvalue weighted by atomic mass is 9.91. The van der Waals surface area contributed by atoms with Gasteiger partial charge >= 0.3 is 0 Å². The highest BCUT2D eigenvalue weighted by atomic mass is 16.5. The molecule has 0 spiro atoms. The number of benzene rings is 4. The molecule has 2 heterocycles. The molecule has 0 fully saturated rings. The van der Waals surface area contributed by atoms with Gasteiger partial charge in [0.2, 0.25) is 0 Å². The van der Waals surface area contributed by atoms with E-state index in [-0.39, 0.29) is 17.9 Å². The van der Waals surface area contributed by atoms with E-state index in [0.29, 0.717) is 16.5 Å². The van der Waals surface area contributed by atoms with Gasteiger partial charge in [-0.1, -0.05) is 36.4 Å². The number of anilines is 3. The summed E-state index contributed by atoms with van der Waals surface area (Å²) in [6, 6.07) is 25.0. The molecule has 6 rings (SSSR count). The average Bonchev–Trinajstić information content (AvgIpc) is 2.80. The first kappa shape index (κ1) is 18.6. The van der Waals surface area contributed by atoms with Crippen LogP contribution < -0.4 is 9.64 Å². The predicted octanol–water partition coefficient (Wildman–Crippen LogP) is 6.42. The molecule has 0 unspecified atom stereocenters. The van der Waals surface area contributed by atoms with Crippen molar-refractivity contribution in [2.75, 3.05) is 4.90 Å². The summed E-state index contributed by atoms with van der Waals surface area (Å²) in [6.07, 6.45) is 0. The zero-order valence-corrected chi connectivity index (χ0v) is 17.7. The van der Waals surface area contributed by atoms with Crippen molar-refractivity contribution in [2.24, 2.45) is 0 Å². The Hall–Kier alpha value is -4.12. The van der Waals surface area contributed by atoms with Gasteiger partial charge in [-0.2, -0.15) is 0 Å². The predicted molar refractivity (Wildman–Crippen MR) is 124 cm³/mol. The van der Waals surface area contributed by atoms with Crippen LogP contribution in [-0.2, 0) is 0 Å². The molecule has 156 valence electrons. The largest absolute Gasteiger partial charge is 0.453 e. The van der Waals surface area contributed by atoms with Crippen LogP contribution in [0, 0.1) is 0 Å². The minimum Gasteiger partial charge on any atom is -0.453 e. The zero-order chi connectivity index (χ0) is 22.0. The van der Waals surface area contributed by atoms with Crippen LogP contribution in [0.1, 0.15) is 34.6 Å². The molecule has 32 heavy (non-hydrogen) atoms. The first-order chi connectivity index (χ1) is 15.6. The molecule has 0 bridgehead atoms. The lowest BCUT2D eigenvalue weighted by molar-refractivity contribution is 0.0564. The molecule has 0 aromatic heterocycles. The summed E-state index contributed by atoms with van der Waals surface area (Å²) < 4.78 is 6.14. The Morgan fingerprint density at radius 2 is 1.25 bits per heavy atom. The Bertz CT molecular complexity index is 1370. The van der Waals surface area contributed by atoms with Gasteiger partial charge in [0.05, 0.1) is 17.1 Å². The molecule has 0 saturated heterocycles. The summed E-state index contributed by atoms with van der Waals surface area (Å²) in [5, 5.41) is 1.56. The molecule has 2 aliphatic rings. The number of ether oxygens (including phenoxy) is 1. The van der Waals surface area contributed by atoms with Crippen LogP contribution in [-0.4, -0.2) is 22.8 Å². The number of carbonyl (C=O) groups excluding carboxylic acids is 2. The Morgan fingerprint density at radius 3 is 1.88 bits per heavy atom. The fourth-order valence-electron chi connectivity index (χ4n) is 4.73. The van der Waals surface area contributed by atoms with Gasteiger partial charge in [0, 0.05) is 27.9 Å². The number of fused-ring (bicyclic) bond motifs is 2. The van der Waals surface area contributed by atoms with E-state index in [2.05, 4.69) is 4.90 Å². The normalized spacial score (nSPS) is 14.5. The van der Waals surface area contributed by atoms with Gasteiger partial charge in [0.1, 0.15) is 0 Å². The molecule has 2 aliphatic heterocycles. The van der Waals surface area contributed by atoms with Crippen LogP contribution in [0.15, 0.2) is 78.9 Å². The van der Waals surface area contributed by atoms with Crippen LogP contribution >= 0.6 is 0 Å². The van der Waals surface area contributed by atoms with E-state index in [1.54, 1.807) is 6.07 Å². The summed E-state index contributed by atoms with van der Waals surface area (Å²) in [4.78, 5) is 29.9. The van der Waals surface area contributed by atoms with E-state index in [1.807, 2.05) is 86.6 Å². The number of hydrogen-bond donors (Lipinski definition) is 0. The molecule has 0 saturated carbocycles. The van der Waals surface area contributed by atoms with Gasteiger partial charge in [0.25, 0.3) is 11.8 Å². The smallest absolute Gasteiger partial charge is 0.261 e. The van der Waals surface area contributed by atoms with Crippen molar-refractivity contribution in [3.8, 4) is 11.5 Å². The van der Waals surface area contributed by atoms with E-state index in [1.165, 1.54) is 4.90 Å². The third-order valence-electron chi connectivity index (χ3n) is 6.11. The first-order valence-corrected chi connectivity index (χ1v) is 10.7. The second-order valence-electron chi connectivity index (χ2n) is 8.31. The molecule has 0 N–H and O–H groups in total. The number of para-hydroxylation sites is 4. The maximum atomic E-state index is 13.2. The summed E-state index contributed by atoms with van der Waals surface area (Å²) >= 11 is 0. The lowest BCUT2D eigenvalue weighted by Crippen LogP contribution is -2.44. The molecular formula is C27H20N2O3. The summed E-state index contributed by atoms with van der Waals surface area (Å²) in [5.74, 6) is 1.01. The monoisotopic (exact) mass is 420 g/mol. The van der Waals surface area contributed by atoms with Gasteiger partial charge < -0.3 is 9.64 Å². The number of rotatable bonds is 2. The molecule has 5 heteroatoms. The molecule has 0 radical (unpaired) electrons. The van der Waals surface area contributed by atoms with E-state index < -0.39 is 0 Å². The highest BCUT2D eigenvalue weighted by Crippen LogP contribution is 2.52. The first-order valence-electron chi connectivity index (χ1n) is 10.7. The standard InChI is InChI=1S/C27H20N2O3/c1-16(2)28-26(30)18-9-7-8-17-20(15-14-19(25(17)18)27(28)31)29-21-10-3-5-12-23(21)32-24-13-6-4-11-22(24)29/h3-16H,1-2H3. The molecule has 4 aromatic carbocycles. The van der Waals surface area contributed by atoms with Gasteiger partial charge in [-0.15, -0.1) is 0 Å². The van der Waals surface area contributed by atoms with Crippen molar-refractivity contribution in [1.82, 2.24) is 4.90 Å². The molecule has 4 aromatic rings. The summed E-state index contributed by atoms with van der Waals surface area (Å²) in [7, 11) is 0. The SMILES string of the molecule is CC(C)N1C(=O)c2cccc3c(N4c5ccccc5Oc5ccccc54)ccc(c23)C1=O. The van der Waals surface area contributed by atoms with Crippen molar-refractivity contribution in [3.63, 3.8) is 0 Å². The third-order valence-corrected chi connectivity index (χ3v) is 6.11. The summed E-state index contributed by atoms with van der Waals surface area (Å²) in [6.45, 7) is 3.72. The maximum Gasteiger partial charge on any atom is 0.261 e. The topological polar surface area (TPSA) is 49.9 Å². The quantitative estimate of drug-likeness (QED) is 0.309. The van der Waals surface area contributed by atoms with E-state index in [0.717, 1.165) is 33.9 Å². The maximum absolute atomic E-state index is 13.2. The highest BCUT2D eigenvalue weighted by Gasteiger charge is 2.36. The van der Waals surface area contributed by atoms with Crippen LogP contribution in [0.4, 0.5) is 17.1 Å². The number of hydrogen-bond acceptors (Lipinski definition) is 4. The van der Waals surface area contributed by atoms with Gasteiger partial charge in [-0.05, 0) is 56.3 Å². The van der Waals surface area contributed by atoms with E-state index >= 15 is 0 Å². The van der Waals surface area contributed by atoms with Crippen LogP contribution in [0.25, 0.3) is 10.8 Å². The van der Waals surface area contributed by atoms with Crippen LogP contribution in [0.5, 0.6) is 11.5 Å². The number of carbonyl (C=O) groups is 2. The molecule has 5 nitrogen and oxygen atoms in total. The molecule has 0 atom stereocenters. The van der Waals surface area contributed by atoms with Crippen molar-refractivity contribution in [2.45, 2.75) is 19.9 Å². The number of amides is 2. The zero-order valence-electron chi connectivity index (χ0n) is 17.7. The Balaban J connectivity index is 1.65. The fraction of sp³-hybridized carbons (Fsp3) is 0.111. The van der Waals surface area contributed by atoms with Crippen LogP contribution in [0.2, 0.25) is 0 Å². The van der Waals surface area contributed by atoms with Gasteiger partial charge in [-0.25, -0.2) is 0 Å². The van der Waals surface area contributed by atoms with E-state index in [9.17, 15) is 9.59 Å². The number of imide groups is 1. The highest BCUT2D eigenvalue weighted by molar-refractivity contribution is 6.27. The van der Waals surface area contributed by atoms with Gasteiger partial charge in [-0.3, -0.25) is 14.5 Å². The Morgan fingerprint density at radius 1 is 0.656 bits per heavy atom.